The molecule has 0 aromatic carbocycles. The third kappa shape index (κ3) is 2.72. The molecule has 0 bridgehead atoms. The van der Waals surface area contributed by atoms with Crippen LogP contribution in [-0.2, 0) is 11.3 Å². The number of rotatable bonds is 4. The van der Waals surface area contributed by atoms with Crippen LogP contribution in [0.25, 0.3) is 0 Å². The predicted octanol–water partition coefficient (Wildman–Crippen LogP) is 1.40. The van der Waals surface area contributed by atoms with Gasteiger partial charge >= 0.3 is 0 Å². The molecule has 1 N–H and O–H groups in total. The van der Waals surface area contributed by atoms with Crippen LogP contribution in [0.15, 0.2) is 12.4 Å². The maximum Gasteiger partial charge on any atom is 0.244 e. The zero-order valence-corrected chi connectivity index (χ0v) is 11.4. The molecule has 5 heteroatoms. The van der Waals surface area contributed by atoms with Gasteiger partial charge in [0.25, 0.3) is 0 Å². The summed E-state index contributed by atoms with van der Waals surface area (Å²) in [4.78, 5) is 14.2. The van der Waals surface area contributed by atoms with Gasteiger partial charge in [-0.3, -0.25) is 9.48 Å². The molecule has 0 radical (unpaired) electrons. The number of aromatic nitrogens is 2. The fourth-order valence-electron chi connectivity index (χ4n) is 2.35. The van der Waals surface area contributed by atoms with E-state index in [1.54, 1.807) is 6.20 Å². The molecule has 1 atom stereocenters. The van der Waals surface area contributed by atoms with Gasteiger partial charge in [0.1, 0.15) is 0 Å². The van der Waals surface area contributed by atoms with Crippen molar-refractivity contribution in [2.75, 3.05) is 11.4 Å². The van der Waals surface area contributed by atoms with Crippen LogP contribution in [0.4, 0.5) is 5.69 Å². The minimum absolute atomic E-state index is 0.0521. The van der Waals surface area contributed by atoms with Crippen molar-refractivity contribution in [2.45, 2.75) is 52.2 Å². The molecule has 0 aliphatic carbocycles. The van der Waals surface area contributed by atoms with E-state index in [9.17, 15) is 4.79 Å². The maximum absolute atomic E-state index is 12.4. The van der Waals surface area contributed by atoms with Crippen LogP contribution < -0.4 is 10.2 Å². The van der Waals surface area contributed by atoms with Gasteiger partial charge in [0.15, 0.2) is 0 Å². The third-order valence-electron chi connectivity index (χ3n) is 3.23. The van der Waals surface area contributed by atoms with E-state index in [2.05, 4.69) is 24.3 Å². The molecule has 1 unspecified atom stereocenters. The van der Waals surface area contributed by atoms with E-state index in [1.807, 2.05) is 22.7 Å². The number of anilines is 1. The molecule has 2 heterocycles. The van der Waals surface area contributed by atoms with Crippen molar-refractivity contribution < 1.29 is 4.79 Å². The molecule has 5 nitrogen and oxygen atoms in total. The van der Waals surface area contributed by atoms with Gasteiger partial charge in [-0.25, -0.2) is 0 Å². The number of hydrogen-bond acceptors (Lipinski definition) is 3. The Morgan fingerprint density at radius 2 is 2.33 bits per heavy atom. The van der Waals surface area contributed by atoms with Gasteiger partial charge in [0.2, 0.25) is 5.91 Å². The Morgan fingerprint density at radius 3 is 2.94 bits per heavy atom. The molecule has 1 aliphatic rings. The molecule has 0 spiro atoms. The molecular weight excluding hydrogens is 228 g/mol. The number of amides is 1. The second kappa shape index (κ2) is 5.52. The van der Waals surface area contributed by atoms with E-state index in [1.165, 1.54) is 0 Å². The average molecular weight is 250 g/mol. The first-order chi connectivity index (χ1) is 8.61. The van der Waals surface area contributed by atoms with E-state index in [-0.39, 0.29) is 11.9 Å². The van der Waals surface area contributed by atoms with Crippen LogP contribution in [0.5, 0.6) is 0 Å². The lowest BCUT2D eigenvalue weighted by molar-refractivity contribution is -0.121. The number of hydrogen-bond donors (Lipinski definition) is 1. The van der Waals surface area contributed by atoms with Crippen molar-refractivity contribution in [3.05, 3.63) is 12.4 Å². The van der Waals surface area contributed by atoms with Crippen LogP contribution in [0.1, 0.15) is 33.6 Å². The molecule has 1 aromatic heterocycles. The lowest BCUT2D eigenvalue weighted by Gasteiger charge is -2.32. The van der Waals surface area contributed by atoms with Crippen molar-refractivity contribution in [2.24, 2.45) is 0 Å². The number of nitrogens with zero attached hydrogens (tertiary/aromatic N) is 3. The Kier molecular flexibility index (Phi) is 4.01. The largest absolute Gasteiger partial charge is 0.308 e. The number of aryl methyl sites for hydroxylation is 1. The summed E-state index contributed by atoms with van der Waals surface area (Å²) in [5.41, 5.74) is 0.914. The first-order valence-electron chi connectivity index (χ1n) is 6.71. The Bertz CT molecular complexity index is 413. The average Bonchev–Trinajstić information content (AvgIpc) is 2.80. The second-order valence-electron chi connectivity index (χ2n) is 5.06. The number of carbonyl (C=O) groups is 1. The number of piperidine rings is 1. The summed E-state index contributed by atoms with van der Waals surface area (Å²) < 4.78 is 1.85. The first kappa shape index (κ1) is 13.1. The Hall–Kier alpha value is -1.36. The number of nitrogens with one attached hydrogen (secondary N) is 1. The van der Waals surface area contributed by atoms with Crippen molar-refractivity contribution in [3.63, 3.8) is 0 Å². The lowest BCUT2D eigenvalue weighted by Crippen LogP contribution is -2.52. The molecular formula is C13H22N4O. The summed E-state index contributed by atoms with van der Waals surface area (Å²) >= 11 is 0. The quantitative estimate of drug-likeness (QED) is 0.878. The summed E-state index contributed by atoms with van der Waals surface area (Å²) in [6.45, 7) is 7.81. The molecule has 2 rings (SSSR count). The van der Waals surface area contributed by atoms with Crippen molar-refractivity contribution in [1.82, 2.24) is 15.1 Å². The van der Waals surface area contributed by atoms with Crippen LogP contribution in [-0.4, -0.2) is 34.3 Å². The minimum atomic E-state index is -0.0521. The van der Waals surface area contributed by atoms with Crippen molar-refractivity contribution >= 4 is 11.6 Å². The topological polar surface area (TPSA) is 50.2 Å². The second-order valence-corrected chi connectivity index (χ2v) is 5.06. The molecule has 1 fully saturated rings. The van der Waals surface area contributed by atoms with E-state index < -0.39 is 0 Å². The molecule has 1 aromatic rings. The minimum Gasteiger partial charge on any atom is -0.308 e. The molecule has 100 valence electrons. The Morgan fingerprint density at radius 1 is 1.56 bits per heavy atom. The van der Waals surface area contributed by atoms with E-state index in [4.69, 9.17) is 0 Å². The van der Waals surface area contributed by atoms with Crippen LogP contribution >= 0.6 is 0 Å². The van der Waals surface area contributed by atoms with Gasteiger partial charge in [-0.1, -0.05) is 13.8 Å². The maximum atomic E-state index is 12.4. The summed E-state index contributed by atoms with van der Waals surface area (Å²) in [7, 11) is 0. The predicted molar refractivity (Wildman–Crippen MR) is 71.5 cm³/mol. The standard InChI is InChI=1S/C13H22N4O/c1-4-16-9-11(8-14-16)17-7-5-6-12(13(17)18)15-10(2)3/h8-10,12,15H,4-7H2,1-3H3. The summed E-state index contributed by atoms with van der Waals surface area (Å²) in [6.07, 6.45) is 5.68. The third-order valence-corrected chi connectivity index (χ3v) is 3.23. The SMILES string of the molecule is CCn1cc(N2CCCC(NC(C)C)C2=O)cn1. The van der Waals surface area contributed by atoms with Gasteiger partial charge in [-0.05, 0) is 19.8 Å². The Balaban J connectivity index is 2.10. The smallest absolute Gasteiger partial charge is 0.244 e. The highest BCUT2D eigenvalue weighted by Gasteiger charge is 2.30. The van der Waals surface area contributed by atoms with Crippen LogP contribution in [0, 0.1) is 0 Å². The Labute approximate surface area is 108 Å². The molecule has 1 saturated heterocycles. The van der Waals surface area contributed by atoms with Gasteiger partial charge in [0, 0.05) is 25.3 Å². The van der Waals surface area contributed by atoms with Crippen molar-refractivity contribution in [1.29, 1.82) is 0 Å². The normalized spacial score (nSPS) is 20.8. The van der Waals surface area contributed by atoms with Crippen LogP contribution in [0.2, 0.25) is 0 Å². The monoisotopic (exact) mass is 250 g/mol. The molecule has 1 aliphatic heterocycles. The highest BCUT2D eigenvalue weighted by atomic mass is 16.2. The highest BCUT2D eigenvalue weighted by Crippen LogP contribution is 2.20. The summed E-state index contributed by atoms with van der Waals surface area (Å²) in [5, 5.41) is 7.57. The fraction of sp³-hybridized carbons (Fsp3) is 0.692. The zero-order chi connectivity index (χ0) is 13.1. The van der Waals surface area contributed by atoms with Gasteiger partial charge < -0.3 is 10.2 Å². The summed E-state index contributed by atoms with van der Waals surface area (Å²) in [5.74, 6) is 0.172. The van der Waals surface area contributed by atoms with Gasteiger partial charge in [-0.2, -0.15) is 5.10 Å². The van der Waals surface area contributed by atoms with Gasteiger partial charge in [0.05, 0.1) is 17.9 Å². The zero-order valence-electron chi connectivity index (χ0n) is 11.4. The number of carbonyl (C=O) groups excluding carboxylic acids is 1. The molecule has 18 heavy (non-hydrogen) atoms. The van der Waals surface area contributed by atoms with E-state index in [0.29, 0.717) is 6.04 Å². The van der Waals surface area contributed by atoms with Crippen molar-refractivity contribution in [3.8, 4) is 0 Å². The lowest BCUT2D eigenvalue weighted by atomic mass is 10.0. The van der Waals surface area contributed by atoms with E-state index in [0.717, 1.165) is 31.6 Å². The molecule has 1 amide bonds. The summed E-state index contributed by atoms with van der Waals surface area (Å²) in [6, 6.07) is 0.279. The highest BCUT2D eigenvalue weighted by molar-refractivity contribution is 5.97. The van der Waals surface area contributed by atoms with E-state index >= 15 is 0 Å². The molecule has 0 saturated carbocycles. The van der Waals surface area contributed by atoms with Gasteiger partial charge in [-0.15, -0.1) is 0 Å². The van der Waals surface area contributed by atoms with Crippen LogP contribution in [0.3, 0.4) is 0 Å². The fourth-order valence-corrected chi connectivity index (χ4v) is 2.35. The first-order valence-corrected chi connectivity index (χ1v) is 6.71.